The van der Waals surface area contributed by atoms with E-state index in [0.717, 1.165) is 50.8 Å². The summed E-state index contributed by atoms with van der Waals surface area (Å²) in [4.78, 5) is 4.72. The van der Waals surface area contributed by atoms with E-state index in [1.165, 1.54) is 38.5 Å². The minimum Gasteiger partial charge on any atom is -0.396 e. The number of hydrogen-bond acceptors (Lipinski definition) is 2. The fourth-order valence-electron chi connectivity index (χ4n) is 3.35. The van der Waals surface area contributed by atoms with Crippen molar-refractivity contribution < 1.29 is 5.11 Å². The molecule has 0 saturated heterocycles. The van der Waals surface area contributed by atoms with Crippen LogP contribution in [0.2, 0.25) is 0 Å². The lowest BCUT2D eigenvalue weighted by Gasteiger charge is -2.22. The fraction of sp³-hybridized carbons (Fsp3) is 0.944. The molecule has 130 valence electrons. The molecular formula is C18H37N3O. The van der Waals surface area contributed by atoms with E-state index in [2.05, 4.69) is 24.5 Å². The SMILES string of the molecule is CCCC(CCO)CN=C(NCC)NCCC1CCCCC1. The quantitative estimate of drug-likeness (QED) is 0.428. The molecule has 0 aliphatic heterocycles. The number of aliphatic imine (C=N–C) groups is 1. The first-order chi connectivity index (χ1) is 10.8. The predicted molar refractivity (Wildman–Crippen MR) is 95.3 cm³/mol. The van der Waals surface area contributed by atoms with Crippen LogP contribution in [0.25, 0.3) is 0 Å². The Kier molecular flexibility index (Phi) is 11.2. The van der Waals surface area contributed by atoms with E-state index in [-0.39, 0.29) is 6.61 Å². The van der Waals surface area contributed by atoms with Crippen molar-refractivity contribution in [3.05, 3.63) is 0 Å². The molecule has 1 fully saturated rings. The maximum Gasteiger partial charge on any atom is 0.191 e. The van der Waals surface area contributed by atoms with Gasteiger partial charge in [-0.15, -0.1) is 0 Å². The van der Waals surface area contributed by atoms with Crippen LogP contribution in [-0.2, 0) is 0 Å². The van der Waals surface area contributed by atoms with Gasteiger partial charge in [0.05, 0.1) is 0 Å². The zero-order chi connectivity index (χ0) is 16.0. The third kappa shape index (κ3) is 8.62. The van der Waals surface area contributed by atoms with Gasteiger partial charge in [0.1, 0.15) is 0 Å². The van der Waals surface area contributed by atoms with Crippen LogP contribution in [0.3, 0.4) is 0 Å². The zero-order valence-electron chi connectivity index (χ0n) is 14.7. The first-order valence-electron chi connectivity index (χ1n) is 9.43. The highest BCUT2D eigenvalue weighted by molar-refractivity contribution is 5.79. The van der Waals surface area contributed by atoms with Crippen LogP contribution in [0.1, 0.15) is 71.6 Å². The van der Waals surface area contributed by atoms with Gasteiger partial charge in [-0.05, 0) is 38.0 Å². The van der Waals surface area contributed by atoms with Gasteiger partial charge in [-0.3, -0.25) is 4.99 Å². The van der Waals surface area contributed by atoms with Crippen molar-refractivity contribution in [2.24, 2.45) is 16.8 Å². The maximum absolute atomic E-state index is 9.14. The lowest BCUT2D eigenvalue weighted by Crippen LogP contribution is -2.38. The topological polar surface area (TPSA) is 56.7 Å². The minimum absolute atomic E-state index is 0.270. The molecule has 0 bridgehead atoms. The average molecular weight is 312 g/mol. The summed E-state index contributed by atoms with van der Waals surface area (Å²) in [5.41, 5.74) is 0. The third-order valence-corrected chi connectivity index (χ3v) is 4.66. The van der Waals surface area contributed by atoms with Crippen molar-refractivity contribution in [3.8, 4) is 0 Å². The second-order valence-electron chi connectivity index (χ2n) is 6.61. The molecular weight excluding hydrogens is 274 g/mol. The molecule has 0 aromatic carbocycles. The van der Waals surface area contributed by atoms with Crippen LogP contribution in [0.15, 0.2) is 4.99 Å². The fourth-order valence-corrected chi connectivity index (χ4v) is 3.35. The molecule has 0 radical (unpaired) electrons. The lowest BCUT2D eigenvalue weighted by molar-refractivity contribution is 0.253. The van der Waals surface area contributed by atoms with Crippen LogP contribution < -0.4 is 10.6 Å². The Morgan fingerprint density at radius 1 is 1.14 bits per heavy atom. The molecule has 0 heterocycles. The summed E-state index contributed by atoms with van der Waals surface area (Å²) >= 11 is 0. The van der Waals surface area contributed by atoms with Gasteiger partial charge < -0.3 is 15.7 Å². The molecule has 1 unspecified atom stereocenters. The summed E-state index contributed by atoms with van der Waals surface area (Å²) in [6, 6.07) is 0. The van der Waals surface area contributed by atoms with Gasteiger partial charge in [0.25, 0.3) is 0 Å². The van der Waals surface area contributed by atoms with Crippen LogP contribution in [0.4, 0.5) is 0 Å². The van der Waals surface area contributed by atoms with Crippen molar-refractivity contribution in [1.82, 2.24) is 10.6 Å². The van der Waals surface area contributed by atoms with Gasteiger partial charge in [0, 0.05) is 26.2 Å². The predicted octanol–water partition coefficient (Wildman–Crippen LogP) is 3.31. The molecule has 1 aliphatic carbocycles. The smallest absolute Gasteiger partial charge is 0.191 e. The van der Waals surface area contributed by atoms with Gasteiger partial charge in [-0.25, -0.2) is 0 Å². The van der Waals surface area contributed by atoms with Gasteiger partial charge in [-0.1, -0.05) is 45.4 Å². The van der Waals surface area contributed by atoms with E-state index in [1.54, 1.807) is 0 Å². The van der Waals surface area contributed by atoms with Crippen molar-refractivity contribution in [1.29, 1.82) is 0 Å². The van der Waals surface area contributed by atoms with E-state index in [9.17, 15) is 0 Å². The second kappa shape index (κ2) is 12.7. The molecule has 1 saturated carbocycles. The largest absolute Gasteiger partial charge is 0.396 e. The number of aliphatic hydroxyl groups excluding tert-OH is 1. The third-order valence-electron chi connectivity index (χ3n) is 4.66. The Bertz CT molecular complexity index is 282. The Hall–Kier alpha value is -0.770. The molecule has 3 N–H and O–H groups in total. The summed E-state index contributed by atoms with van der Waals surface area (Å²) in [6.45, 7) is 7.30. The van der Waals surface area contributed by atoms with Gasteiger partial charge in [-0.2, -0.15) is 0 Å². The summed E-state index contributed by atoms with van der Waals surface area (Å²) in [5.74, 6) is 2.35. The molecule has 4 nitrogen and oxygen atoms in total. The van der Waals surface area contributed by atoms with Gasteiger partial charge in [0.2, 0.25) is 0 Å². The highest BCUT2D eigenvalue weighted by Gasteiger charge is 2.13. The monoisotopic (exact) mass is 311 g/mol. The normalized spacial score (nSPS) is 18.2. The summed E-state index contributed by atoms with van der Waals surface area (Å²) in [6.07, 6.45) is 11.5. The highest BCUT2D eigenvalue weighted by Crippen LogP contribution is 2.25. The van der Waals surface area contributed by atoms with E-state index in [4.69, 9.17) is 10.1 Å². The molecule has 0 aromatic heterocycles. The number of nitrogens with one attached hydrogen (secondary N) is 2. The molecule has 1 aliphatic rings. The Labute approximate surface area is 137 Å². The standard InChI is InChI=1S/C18H37N3O/c1-3-8-17(12-14-22)15-21-18(19-4-2)20-13-11-16-9-6-5-7-10-16/h16-17,22H,3-15H2,1-2H3,(H2,19,20,21). The van der Waals surface area contributed by atoms with E-state index in [0.29, 0.717) is 5.92 Å². The van der Waals surface area contributed by atoms with Crippen LogP contribution in [0, 0.1) is 11.8 Å². The molecule has 0 spiro atoms. The van der Waals surface area contributed by atoms with Crippen molar-refractivity contribution >= 4 is 5.96 Å². The molecule has 4 heteroatoms. The molecule has 0 amide bonds. The summed E-state index contributed by atoms with van der Waals surface area (Å²) in [5, 5.41) is 16.0. The van der Waals surface area contributed by atoms with Crippen LogP contribution >= 0.6 is 0 Å². The number of nitrogens with zero attached hydrogens (tertiary/aromatic N) is 1. The first kappa shape index (κ1) is 19.3. The molecule has 1 rings (SSSR count). The Morgan fingerprint density at radius 3 is 2.55 bits per heavy atom. The minimum atomic E-state index is 0.270. The highest BCUT2D eigenvalue weighted by atomic mass is 16.3. The van der Waals surface area contributed by atoms with Gasteiger partial charge >= 0.3 is 0 Å². The number of rotatable bonds is 10. The van der Waals surface area contributed by atoms with E-state index >= 15 is 0 Å². The number of aliphatic hydroxyl groups is 1. The van der Waals surface area contributed by atoms with Crippen molar-refractivity contribution in [2.45, 2.75) is 71.6 Å². The maximum atomic E-state index is 9.14. The van der Waals surface area contributed by atoms with E-state index < -0.39 is 0 Å². The van der Waals surface area contributed by atoms with Crippen molar-refractivity contribution in [3.63, 3.8) is 0 Å². The lowest BCUT2D eigenvalue weighted by atomic mass is 9.87. The van der Waals surface area contributed by atoms with Gasteiger partial charge in [0.15, 0.2) is 5.96 Å². The second-order valence-corrected chi connectivity index (χ2v) is 6.61. The Balaban J connectivity index is 2.33. The number of guanidine groups is 1. The molecule has 1 atom stereocenters. The van der Waals surface area contributed by atoms with Crippen molar-refractivity contribution in [2.75, 3.05) is 26.2 Å². The first-order valence-corrected chi connectivity index (χ1v) is 9.43. The molecule has 22 heavy (non-hydrogen) atoms. The zero-order valence-corrected chi connectivity index (χ0v) is 14.7. The molecule has 0 aromatic rings. The number of hydrogen-bond donors (Lipinski definition) is 3. The van der Waals surface area contributed by atoms with Crippen LogP contribution in [0.5, 0.6) is 0 Å². The van der Waals surface area contributed by atoms with E-state index in [1.807, 2.05) is 0 Å². The summed E-state index contributed by atoms with van der Waals surface area (Å²) < 4.78 is 0. The Morgan fingerprint density at radius 2 is 1.91 bits per heavy atom. The average Bonchev–Trinajstić information content (AvgIpc) is 2.54. The van der Waals surface area contributed by atoms with Crippen LogP contribution in [-0.4, -0.2) is 37.3 Å². The summed E-state index contributed by atoms with van der Waals surface area (Å²) in [7, 11) is 0.